The van der Waals surface area contributed by atoms with Gasteiger partial charge >= 0.3 is 47.8 Å². The first-order valence-corrected chi connectivity index (χ1v) is 18.7. The molecule has 0 bridgehead atoms. The fourth-order valence-corrected chi connectivity index (χ4v) is 6.59. The zero-order valence-corrected chi connectivity index (χ0v) is 34.6. The van der Waals surface area contributed by atoms with Crippen LogP contribution in [0.15, 0.2) is 30.6 Å². The van der Waals surface area contributed by atoms with E-state index in [0.29, 0.717) is 0 Å². The van der Waals surface area contributed by atoms with E-state index in [2.05, 4.69) is 25.6 Å². The molecular weight excluding hydrogens is 830 g/mol. The van der Waals surface area contributed by atoms with Gasteiger partial charge in [0.1, 0.15) is 36.8 Å². The van der Waals surface area contributed by atoms with E-state index in [0.717, 1.165) is 64.8 Å². The van der Waals surface area contributed by atoms with E-state index < -0.39 is 122 Å². The van der Waals surface area contributed by atoms with Crippen LogP contribution in [0.1, 0.15) is 67.8 Å². The van der Waals surface area contributed by atoms with Gasteiger partial charge in [-0.15, -0.1) is 10.2 Å². The van der Waals surface area contributed by atoms with E-state index in [1.165, 1.54) is 12.4 Å². The summed E-state index contributed by atoms with van der Waals surface area (Å²) in [7, 11) is 0. The molecule has 0 saturated carbocycles. The molecule has 2 aliphatic rings. The molecule has 25 nitrogen and oxygen atoms in total. The Morgan fingerprint density at radius 3 is 1.11 bits per heavy atom. The summed E-state index contributed by atoms with van der Waals surface area (Å²) < 4.78 is 57.9. The van der Waals surface area contributed by atoms with Gasteiger partial charge in [-0.25, -0.2) is 14.3 Å². The molecule has 5 rings (SSSR count). The highest BCUT2D eigenvalue weighted by molar-refractivity contribution is 5.70. The Kier molecular flexibility index (Phi) is 15.0. The molecule has 10 atom stereocenters. The molecule has 2 saturated heterocycles. The number of carbonyl (C=O) groups is 8. The second-order valence-electron chi connectivity index (χ2n) is 13.8. The fourth-order valence-electron chi connectivity index (χ4n) is 6.59. The maximum Gasteiger partial charge on any atom is 0.303 e. The quantitative estimate of drug-likeness (QED) is 0.153. The first-order valence-electron chi connectivity index (χ1n) is 18.7. The minimum absolute atomic E-state index is 0.145. The summed E-state index contributed by atoms with van der Waals surface area (Å²) in [4.78, 5) is 102. The smallest absolute Gasteiger partial charge is 0.303 e. The van der Waals surface area contributed by atoms with Crippen molar-refractivity contribution < 1.29 is 85.7 Å². The Hall–Kier alpha value is -6.89. The molecule has 2 aliphatic heterocycles. The van der Waals surface area contributed by atoms with Crippen molar-refractivity contribution in [3.63, 3.8) is 0 Å². The van der Waals surface area contributed by atoms with Crippen LogP contribution >= 0.6 is 0 Å². The van der Waals surface area contributed by atoms with Crippen LogP contribution in [0.2, 0.25) is 0 Å². The van der Waals surface area contributed by atoms with Crippen molar-refractivity contribution in [2.24, 2.45) is 0 Å². The Morgan fingerprint density at radius 2 is 0.790 bits per heavy atom. The Bertz CT molecular complexity index is 2030. The normalized spacial score (nSPS) is 25.6. The average Bonchev–Trinajstić information content (AvgIpc) is 3.87. The van der Waals surface area contributed by atoms with Gasteiger partial charge in [0.15, 0.2) is 49.1 Å². The van der Waals surface area contributed by atoms with Gasteiger partial charge in [-0.05, 0) is 12.1 Å². The molecule has 2 fully saturated rings. The maximum atomic E-state index is 12.3. The van der Waals surface area contributed by atoms with Crippen LogP contribution in [0.25, 0.3) is 22.8 Å². The van der Waals surface area contributed by atoms with Crippen molar-refractivity contribution in [3.8, 4) is 22.8 Å². The van der Waals surface area contributed by atoms with Gasteiger partial charge in [-0.1, -0.05) is 16.5 Å². The molecule has 0 aliphatic carbocycles. The monoisotopic (exact) mass is 873 g/mol. The second-order valence-corrected chi connectivity index (χ2v) is 13.8. The number of hydrogen-bond donors (Lipinski definition) is 0. The number of rotatable bonds is 14. The Labute approximate surface area is 351 Å². The van der Waals surface area contributed by atoms with E-state index in [4.69, 9.17) is 47.4 Å². The lowest BCUT2D eigenvalue weighted by molar-refractivity contribution is -0.270. The van der Waals surface area contributed by atoms with Crippen molar-refractivity contribution in [3.05, 3.63) is 30.6 Å². The Balaban J connectivity index is 1.49. The highest BCUT2D eigenvalue weighted by Gasteiger charge is 2.55. The van der Waals surface area contributed by atoms with Gasteiger partial charge < -0.3 is 47.4 Å². The van der Waals surface area contributed by atoms with E-state index >= 15 is 0 Å². The van der Waals surface area contributed by atoms with Gasteiger partial charge in [0.05, 0.1) is 23.8 Å². The number of nitrogens with zero attached hydrogens (tertiary/aromatic N) is 7. The van der Waals surface area contributed by atoms with Crippen molar-refractivity contribution in [1.82, 2.24) is 35.0 Å². The zero-order valence-electron chi connectivity index (χ0n) is 34.6. The fraction of sp³-hybridized carbons (Fsp3) is 0.541. The lowest BCUT2D eigenvalue weighted by Crippen LogP contribution is -2.60. The van der Waals surface area contributed by atoms with Crippen molar-refractivity contribution in [1.29, 1.82) is 0 Å². The third-order valence-electron chi connectivity index (χ3n) is 8.75. The summed E-state index contributed by atoms with van der Waals surface area (Å²) in [5.41, 5.74) is 0.737. The van der Waals surface area contributed by atoms with Crippen LogP contribution in [-0.4, -0.2) is 145 Å². The molecule has 0 aromatic carbocycles. The molecular formula is C37H43N7O18. The van der Waals surface area contributed by atoms with Crippen molar-refractivity contribution in [2.75, 3.05) is 13.2 Å². The zero-order chi connectivity index (χ0) is 45.4. The number of carbonyl (C=O) groups excluding carboxylic acids is 8. The van der Waals surface area contributed by atoms with E-state index in [1.807, 2.05) is 0 Å². The highest BCUT2D eigenvalue weighted by Crippen LogP contribution is 2.37. The lowest BCUT2D eigenvalue weighted by Gasteiger charge is -2.44. The summed E-state index contributed by atoms with van der Waals surface area (Å²) in [6.07, 6.45) is -11.1. The molecule has 62 heavy (non-hydrogen) atoms. The minimum atomic E-state index is -1.46. The summed E-state index contributed by atoms with van der Waals surface area (Å²) in [6.45, 7) is 7.96. The molecule has 25 heteroatoms. The standard InChI is InChI=1S/C37H43N7O18/c1-16(45)53-14-28-30(55-18(3)47)32(57-20(5)49)34(59-22(7)51)36(61-28)43-12-26(39-41-43)24-10-9-11-25(38-24)27-13-44(42-40-27)37-35(60-23(8)52)33(58-21(6)50)31(56-19(4)48)29(62-37)15-54-17(2)46/h9-13,28-37H,14-15H2,1-8H3/t28-,29-,30+,31+,32+,33+,34-,35-,36-,37-/m1/s1. The van der Waals surface area contributed by atoms with Crippen LogP contribution < -0.4 is 0 Å². The van der Waals surface area contributed by atoms with Crippen LogP contribution in [0.5, 0.6) is 0 Å². The van der Waals surface area contributed by atoms with Crippen LogP contribution in [0, 0.1) is 0 Å². The van der Waals surface area contributed by atoms with Gasteiger partial charge in [0.25, 0.3) is 0 Å². The van der Waals surface area contributed by atoms with Gasteiger partial charge in [-0.2, -0.15) is 0 Å². The summed E-state index contributed by atoms with van der Waals surface area (Å²) in [5, 5.41) is 16.7. The van der Waals surface area contributed by atoms with Crippen LogP contribution in [0.4, 0.5) is 0 Å². The second kappa shape index (κ2) is 20.1. The van der Waals surface area contributed by atoms with E-state index in [9.17, 15) is 38.4 Å². The Morgan fingerprint density at radius 1 is 0.468 bits per heavy atom. The molecule has 0 radical (unpaired) electrons. The van der Waals surface area contributed by atoms with E-state index in [1.54, 1.807) is 18.2 Å². The predicted molar refractivity (Wildman–Crippen MR) is 197 cm³/mol. The number of hydrogen-bond acceptors (Lipinski definition) is 23. The third kappa shape index (κ3) is 11.7. The SMILES string of the molecule is CC(=O)OC[C@H]1O[C@@H](n2cc(-c3cccc(-c4cn([C@@H]5O[C@H](COC(C)=O)[C@H](OC(C)=O)[C@H](OC(C)=O)[C@H]5OC(C)=O)nn4)n3)nn2)[C@H](OC(C)=O)[C@@H](OC(C)=O)[C@H]1OC(C)=O. The summed E-state index contributed by atoms with van der Waals surface area (Å²) >= 11 is 0. The number of pyridine rings is 1. The predicted octanol–water partition coefficient (Wildman–Crippen LogP) is 0.110. The lowest BCUT2D eigenvalue weighted by atomic mass is 9.97. The summed E-state index contributed by atoms with van der Waals surface area (Å²) in [5.74, 6) is -6.23. The van der Waals surface area contributed by atoms with Gasteiger partial charge in [0, 0.05) is 55.4 Å². The number of esters is 8. The average molecular weight is 874 g/mol. The molecule has 0 N–H and O–H groups in total. The minimum Gasteiger partial charge on any atom is -0.463 e. The third-order valence-corrected chi connectivity index (χ3v) is 8.75. The maximum absolute atomic E-state index is 12.3. The largest absolute Gasteiger partial charge is 0.463 e. The van der Waals surface area contributed by atoms with Gasteiger partial charge in [-0.3, -0.25) is 38.4 Å². The molecule has 0 spiro atoms. The topological polar surface area (TPSA) is 303 Å². The van der Waals surface area contributed by atoms with Crippen LogP contribution in [0.3, 0.4) is 0 Å². The molecule has 0 amide bonds. The summed E-state index contributed by atoms with van der Waals surface area (Å²) in [6, 6.07) is 4.77. The highest BCUT2D eigenvalue weighted by atomic mass is 16.7. The first kappa shape index (κ1) is 46.2. The molecule has 334 valence electrons. The molecule has 3 aromatic rings. The van der Waals surface area contributed by atoms with E-state index in [-0.39, 0.29) is 22.8 Å². The first-order chi connectivity index (χ1) is 29.3. The van der Waals surface area contributed by atoms with Crippen molar-refractivity contribution in [2.45, 2.75) is 117 Å². The number of aromatic nitrogens is 7. The molecule has 0 unspecified atom stereocenters. The van der Waals surface area contributed by atoms with Crippen LogP contribution in [-0.2, 0) is 85.7 Å². The number of ether oxygens (including phenoxy) is 10. The van der Waals surface area contributed by atoms with Crippen molar-refractivity contribution >= 4 is 47.8 Å². The van der Waals surface area contributed by atoms with Gasteiger partial charge in [0.2, 0.25) is 0 Å². The molecule has 5 heterocycles. The molecule has 3 aromatic heterocycles.